The third kappa shape index (κ3) is 2.05. The van der Waals surface area contributed by atoms with Crippen LogP contribution in [0.25, 0.3) is 0 Å². The standard InChI is InChI=1S/C13H15ClN2O/c14-11-3-1-10(2-4-11)5-12(17)16-8-13(9-16)6-15-7-13/h1-4,15H,5-9H2. The quantitative estimate of drug-likeness (QED) is 0.859. The van der Waals surface area contributed by atoms with Crippen LogP contribution in [-0.4, -0.2) is 37.0 Å². The number of hydrogen-bond acceptors (Lipinski definition) is 2. The lowest BCUT2D eigenvalue weighted by atomic mass is 9.74. The highest BCUT2D eigenvalue weighted by atomic mass is 35.5. The van der Waals surface area contributed by atoms with E-state index in [1.54, 1.807) is 0 Å². The molecule has 0 unspecified atom stereocenters. The summed E-state index contributed by atoms with van der Waals surface area (Å²) >= 11 is 5.81. The Kier molecular flexibility index (Phi) is 2.60. The van der Waals surface area contributed by atoms with Crippen molar-refractivity contribution in [3.05, 3.63) is 34.9 Å². The zero-order valence-electron chi connectivity index (χ0n) is 9.58. The third-order valence-electron chi connectivity index (χ3n) is 3.67. The minimum atomic E-state index is 0.227. The van der Waals surface area contributed by atoms with Gasteiger partial charge in [-0.3, -0.25) is 4.79 Å². The van der Waals surface area contributed by atoms with E-state index < -0.39 is 0 Å². The van der Waals surface area contributed by atoms with Crippen molar-refractivity contribution in [3.8, 4) is 0 Å². The molecule has 2 aliphatic rings. The second-order valence-electron chi connectivity index (χ2n) is 5.16. The van der Waals surface area contributed by atoms with Crippen molar-refractivity contribution >= 4 is 17.5 Å². The van der Waals surface area contributed by atoms with E-state index >= 15 is 0 Å². The molecule has 1 spiro atoms. The predicted octanol–water partition coefficient (Wildman–Crippen LogP) is 1.31. The monoisotopic (exact) mass is 250 g/mol. The fourth-order valence-corrected chi connectivity index (χ4v) is 2.66. The molecule has 4 heteroatoms. The van der Waals surface area contributed by atoms with Crippen molar-refractivity contribution in [2.24, 2.45) is 5.41 Å². The molecule has 2 aliphatic heterocycles. The molecule has 3 nitrogen and oxygen atoms in total. The predicted molar refractivity (Wildman–Crippen MR) is 67.0 cm³/mol. The lowest BCUT2D eigenvalue weighted by Gasteiger charge is -2.56. The van der Waals surface area contributed by atoms with Gasteiger partial charge in [0.25, 0.3) is 0 Å². The van der Waals surface area contributed by atoms with E-state index in [0.29, 0.717) is 16.9 Å². The normalized spacial score (nSPS) is 20.9. The number of amides is 1. The lowest BCUT2D eigenvalue weighted by Crippen LogP contribution is -2.72. The Morgan fingerprint density at radius 2 is 1.94 bits per heavy atom. The van der Waals surface area contributed by atoms with Gasteiger partial charge in [0.2, 0.25) is 5.91 Å². The van der Waals surface area contributed by atoms with Crippen LogP contribution in [0.2, 0.25) is 5.02 Å². The SMILES string of the molecule is O=C(Cc1ccc(Cl)cc1)N1CC2(CNC2)C1. The van der Waals surface area contributed by atoms with Gasteiger partial charge in [0.1, 0.15) is 0 Å². The molecule has 2 saturated heterocycles. The zero-order valence-corrected chi connectivity index (χ0v) is 10.3. The Labute approximate surface area is 106 Å². The van der Waals surface area contributed by atoms with Gasteiger partial charge in [-0.25, -0.2) is 0 Å². The van der Waals surface area contributed by atoms with Crippen LogP contribution < -0.4 is 5.32 Å². The summed E-state index contributed by atoms with van der Waals surface area (Å²) in [6.45, 7) is 3.98. The summed E-state index contributed by atoms with van der Waals surface area (Å²) in [5.74, 6) is 0.227. The van der Waals surface area contributed by atoms with E-state index in [0.717, 1.165) is 31.7 Å². The highest BCUT2D eigenvalue weighted by Crippen LogP contribution is 2.34. The Hall–Kier alpha value is -1.06. The number of likely N-dealkylation sites (tertiary alicyclic amines) is 1. The molecule has 0 saturated carbocycles. The first kappa shape index (κ1) is 11.1. The largest absolute Gasteiger partial charge is 0.341 e. The average Bonchev–Trinajstić information content (AvgIpc) is 2.17. The van der Waals surface area contributed by atoms with Crippen molar-refractivity contribution in [2.45, 2.75) is 6.42 Å². The highest BCUT2D eigenvalue weighted by molar-refractivity contribution is 6.30. The molecule has 0 radical (unpaired) electrons. The van der Waals surface area contributed by atoms with Gasteiger partial charge in [-0.15, -0.1) is 0 Å². The molecular formula is C13H15ClN2O. The molecule has 1 N–H and O–H groups in total. The summed E-state index contributed by atoms with van der Waals surface area (Å²) in [6, 6.07) is 7.50. The van der Waals surface area contributed by atoms with Crippen molar-refractivity contribution < 1.29 is 4.79 Å². The number of carbonyl (C=O) groups is 1. The van der Waals surface area contributed by atoms with E-state index in [1.165, 1.54) is 0 Å². The molecule has 17 heavy (non-hydrogen) atoms. The van der Waals surface area contributed by atoms with Crippen LogP contribution in [-0.2, 0) is 11.2 Å². The van der Waals surface area contributed by atoms with E-state index in [-0.39, 0.29) is 5.91 Å². The Morgan fingerprint density at radius 1 is 1.29 bits per heavy atom. The minimum absolute atomic E-state index is 0.227. The van der Waals surface area contributed by atoms with Gasteiger partial charge < -0.3 is 10.2 Å². The fraction of sp³-hybridized carbons (Fsp3) is 0.462. The van der Waals surface area contributed by atoms with Crippen molar-refractivity contribution in [1.29, 1.82) is 0 Å². The van der Waals surface area contributed by atoms with Crippen LogP contribution in [0.5, 0.6) is 0 Å². The summed E-state index contributed by atoms with van der Waals surface area (Å²) in [5, 5.41) is 3.98. The number of carbonyl (C=O) groups excluding carboxylic acids is 1. The van der Waals surface area contributed by atoms with E-state index in [4.69, 9.17) is 11.6 Å². The molecule has 1 amide bonds. The van der Waals surface area contributed by atoms with E-state index in [2.05, 4.69) is 5.32 Å². The van der Waals surface area contributed by atoms with Crippen LogP contribution in [0.1, 0.15) is 5.56 Å². The summed E-state index contributed by atoms with van der Waals surface area (Å²) in [7, 11) is 0. The van der Waals surface area contributed by atoms with Gasteiger partial charge in [0.05, 0.1) is 6.42 Å². The number of nitrogens with zero attached hydrogens (tertiary/aromatic N) is 1. The first-order valence-electron chi connectivity index (χ1n) is 5.90. The van der Waals surface area contributed by atoms with Gasteiger partial charge in [-0.05, 0) is 17.7 Å². The molecule has 0 atom stereocenters. The van der Waals surface area contributed by atoms with Crippen molar-refractivity contribution in [2.75, 3.05) is 26.2 Å². The number of halogens is 1. The third-order valence-corrected chi connectivity index (χ3v) is 3.93. The topological polar surface area (TPSA) is 32.3 Å². The summed E-state index contributed by atoms with van der Waals surface area (Å²) in [6.07, 6.45) is 0.487. The molecule has 0 aliphatic carbocycles. The molecule has 90 valence electrons. The zero-order chi connectivity index (χ0) is 11.9. The maximum Gasteiger partial charge on any atom is 0.227 e. The fourth-order valence-electron chi connectivity index (χ4n) is 2.53. The van der Waals surface area contributed by atoms with E-state index in [1.807, 2.05) is 29.2 Å². The summed E-state index contributed by atoms with van der Waals surface area (Å²) in [5.41, 5.74) is 1.45. The van der Waals surface area contributed by atoms with Crippen molar-refractivity contribution in [1.82, 2.24) is 10.2 Å². The maximum atomic E-state index is 12.0. The van der Waals surface area contributed by atoms with E-state index in [9.17, 15) is 4.79 Å². The summed E-state index contributed by atoms with van der Waals surface area (Å²) in [4.78, 5) is 13.9. The number of hydrogen-bond donors (Lipinski definition) is 1. The number of nitrogens with one attached hydrogen (secondary N) is 1. The second-order valence-corrected chi connectivity index (χ2v) is 5.59. The smallest absolute Gasteiger partial charge is 0.227 e. The molecule has 2 fully saturated rings. The van der Waals surface area contributed by atoms with Crippen LogP contribution in [0, 0.1) is 5.41 Å². The Balaban J connectivity index is 1.55. The maximum absolute atomic E-state index is 12.0. The van der Waals surface area contributed by atoms with Gasteiger partial charge in [-0.1, -0.05) is 23.7 Å². The first-order chi connectivity index (χ1) is 8.17. The lowest BCUT2D eigenvalue weighted by molar-refractivity contribution is -0.146. The molecular weight excluding hydrogens is 236 g/mol. The molecule has 1 aromatic carbocycles. The van der Waals surface area contributed by atoms with Crippen LogP contribution in [0.4, 0.5) is 0 Å². The number of benzene rings is 1. The highest BCUT2D eigenvalue weighted by Gasteiger charge is 2.48. The Bertz CT molecular complexity index is 431. The van der Waals surface area contributed by atoms with Crippen LogP contribution in [0.3, 0.4) is 0 Å². The second kappa shape index (κ2) is 4.00. The van der Waals surface area contributed by atoms with Gasteiger partial charge in [0.15, 0.2) is 0 Å². The van der Waals surface area contributed by atoms with Crippen LogP contribution >= 0.6 is 11.6 Å². The van der Waals surface area contributed by atoms with Crippen LogP contribution in [0.15, 0.2) is 24.3 Å². The van der Waals surface area contributed by atoms with Gasteiger partial charge in [-0.2, -0.15) is 0 Å². The Morgan fingerprint density at radius 3 is 2.47 bits per heavy atom. The molecule has 1 aromatic rings. The number of rotatable bonds is 2. The molecule has 3 rings (SSSR count). The average molecular weight is 251 g/mol. The molecule has 2 heterocycles. The first-order valence-corrected chi connectivity index (χ1v) is 6.28. The minimum Gasteiger partial charge on any atom is -0.341 e. The van der Waals surface area contributed by atoms with Gasteiger partial charge >= 0.3 is 0 Å². The van der Waals surface area contributed by atoms with Crippen molar-refractivity contribution in [3.63, 3.8) is 0 Å². The molecule has 0 aromatic heterocycles. The van der Waals surface area contributed by atoms with Gasteiger partial charge in [0, 0.05) is 36.6 Å². The summed E-state index contributed by atoms with van der Waals surface area (Å²) < 4.78 is 0. The molecule has 0 bridgehead atoms.